The minimum Gasteiger partial charge on any atom is -0.377 e. The van der Waals surface area contributed by atoms with Crippen molar-refractivity contribution in [1.29, 1.82) is 0 Å². The van der Waals surface area contributed by atoms with E-state index < -0.39 is 8.07 Å². The van der Waals surface area contributed by atoms with E-state index in [9.17, 15) is 0 Å². The van der Waals surface area contributed by atoms with Gasteiger partial charge < -0.3 is 4.90 Å². The minimum atomic E-state index is -0.997. The Morgan fingerprint density at radius 2 is 2.00 bits per heavy atom. The van der Waals surface area contributed by atoms with Crippen molar-refractivity contribution < 1.29 is 0 Å². The van der Waals surface area contributed by atoms with E-state index in [1.54, 1.807) is 0 Å². The van der Waals surface area contributed by atoms with Crippen LogP contribution in [0, 0.1) is 6.07 Å². The van der Waals surface area contributed by atoms with Crippen molar-refractivity contribution in [2.24, 2.45) is 0 Å². The molecule has 0 aromatic heterocycles. The van der Waals surface area contributed by atoms with Crippen LogP contribution in [0.3, 0.4) is 0 Å². The molecule has 13 heavy (non-hydrogen) atoms. The molecule has 0 amide bonds. The van der Waals surface area contributed by atoms with E-state index in [2.05, 4.69) is 49.8 Å². The van der Waals surface area contributed by atoms with Gasteiger partial charge in [-0.05, 0) is 6.07 Å². The Bertz CT molecular complexity index is 251. The van der Waals surface area contributed by atoms with Crippen molar-refractivity contribution in [3.63, 3.8) is 0 Å². The summed E-state index contributed by atoms with van der Waals surface area (Å²) >= 11 is 0. The van der Waals surface area contributed by atoms with Crippen LogP contribution >= 0.6 is 0 Å². The fourth-order valence-corrected chi connectivity index (χ4v) is 3.01. The van der Waals surface area contributed by atoms with Crippen LogP contribution in [0.5, 0.6) is 0 Å². The van der Waals surface area contributed by atoms with E-state index in [-0.39, 0.29) is 0 Å². The lowest BCUT2D eigenvalue weighted by Crippen LogP contribution is -2.38. The van der Waals surface area contributed by atoms with Crippen molar-refractivity contribution in [3.05, 3.63) is 30.3 Å². The maximum Gasteiger partial charge on any atom is 0.0665 e. The van der Waals surface area contributed by atoms with Crippen molar-refractivity contribution in [2.75, 3.05) is 18.1 Å². The Hall–Kier alpha value is -0.763. The molecular formula is C11H18NSi. The number of hydrogen-bond acceptors (Lipinski definition) is 1. The first kappa shape index (κ1) is 10.3. The Labute approximate surface area is 82.4 Å². The van der Waals surface area contributed by atoms with Gasteiger partial charge in [0.1, 0.15) is 0 Å². The van der Waals surface area contributed by atoms with Crippen LogP contribution in [0.15, 0.2) is 24.3 Å². The van der Waals surface area contributed by atoms with Gasteiger partial charge in [0.15, 0.2) is 0 Å². The van der Waals surface area contributed by atoms with Crippen molar-refractivity contribution in [3.8, 4) is 0 Å². The number of para-hydroxylation sites is 1. The summed E-state index contributed by atoms with van der Waals surface area (Å²) in [6.45, 7) is 7.14. The highest BCUT2D eigenvalue weighted by Gasteiger charge is 2.15. The molecule has 0 heterocycles. The van der Waals surface area contributed by atoms with Gasteiger partial charge in [-0.15, -0.1) is 0 Å². The Morgan fingerprint density at radius 1 is 1.31 bits per heavy atom. The monoisotopic (exact) mass is 192 g/mol. The standard InChI is InChI=1S/C11H18NSi/c1-12(10-13(2,3)4)11-8-6-5-7-9-11/h5-8H,10H2,1-4H3. The molecule has 0 saturated carbocycles. The molecule has 0 aliphatic rings. The third-order valence-corrected chi connectivity index (χ3v) is 3.24. The zero-order chi connectivity index (χ0) is 9.90. The summed E-state index contributed by atoms with van der Waals surface area (Å²) in [6, 6.07) is 11.4. The Balaban J connectivity index is 2.64. The molecule has 1 aromatic rings. The van der Waals surface area contributed by atoms with Crippen LogP contribution in [0.1, 0.15) is 0 Å². The molecule has 71 valence electrons. The van der Waals surface area contributed by atoms with Crippen molar-refractivity contribution >= 4 is 13.8 Å². The van der Waals surface area contributed by atoms with Gasteiger partial charge in [-0.1, -0.05) is 37.8 Å². The van der Waals surface area contributed by atoms with Gasteiger partial charge in [0.25, 0.3) is 0 Å². The second kappa shape index (κ2) is 3.96. The topological polar surface area (TPSA) is 3.24 Å². The molecule has 2 heteroatoms. The number of benzene rings is 1. The SMILES string of the molecule is CN(C[Si](C)(C)C)c1[c]cccc1. The van der Waals surface area contributed by atoms with Crippen molar-refractivity contribution in [1.82, 2.24) is 0 Å². The summed E-state index contributed by atoms with van der Waals surface area (Å²) in [4.78, 5) is 2.30. The van der Waals surface area contributed by atoms with Gasteiger partial charge in [-0.2, -0.15) is 0 Å². The van der Waals surface area contributed by atoms with E-state index in [0.29, 0.717) is 0 Å². The van der Waals surface area contributed by atoms with Crippen LogP contribution < -0.4 is 4.90 Å². The highest BCUT2D eigenvalue weighted by Crippen LogP contribution is 2.13. The summed E-state index contributed by atoms with van der Waals surface area (Å²) in [5.74, 6) is 0. The molecule has 0 aliphatic carbocycles. The van der Waals surface area contributed by atoms with E-state index in [1.807, 2.05) is 12.1 Å². The molecule has 0 N–H and O–H groups in total. The highest BCUT2D eigenvalue weighted by atomic mass is 28.3. The molecular weight excluding hydrogens is 174 g/mol. The fraction of sp³-hybridized carbons (Fsp3) is 0.455. The lowest BCUT2D eigenvalue weighted by atomic mass is 10.3. The molecule has 1 radical (unpaired) electrons. The number of hydrogen-bond donors (Lipinski definition) is 0. The minimum absolute atomic E-state index is 0.997. The van der Waals surface area contributed by atoms with E-state index >= 15 is 0 Å². The summed E-state index contributed by atoms with van der Waals surface area (Å²) in [6.07, 6.45) is 1.19. The van der Waals surface area contributed by atoms with Crippen LogP contribution in [0.25, 0.3) is 0 Å². The average Bonchev–Trinajstić information content (AvgIpc) is 2.03. The van der Waals surface area contributed by atoms with Gasteiger partial charge in [0.05, 0.1) is 8.07 Å². The summed E-state index contributed by atoms with van der Waals surface area (Å²) < 4.78 is 0. The lowest BCUT2D eigenvalue weighted by Gasteiger charge is -2.26. The van der Waals surface area contributed by atoms with Gasteiger partial charge >= 0.3 is 0 Å². The zero-order valence-corrected chi connectivity index (χ0v) is 9.96. The molecule has 1 aromatic carbocycles. The molecule has 0 bridgehead atoms. The van der Waals surface area contributed by atoms with Crippen LogP contribution in [0.4, 0.5) is 5.69 Å². The predicted octanol–water partition coefficient (Wildman–Crippen LogP) is 2.80. The molecule has 0 saturated heterocycles. The normalized spacial score (nSPS) is 11.4. The molecule has 0 unspecified atom stereocenters. The van der Waals surface area contributed by atoms with Crippen LogP contribution in [0.2, 0.25) is 19.6 Å². The van der Waals surface area contributed by atoms with Crippen molar-refractivity contribution in [2.45, 2.75) is 19.6 Å². The lowest BCUT2D eigenvalue weighted by molar-refractivity contribution is 1.06. The largest absolute Gasteiger partial charge is 0.377 e. The molecule has 0 spiro atoms. The molecule has 1 nitrogen and oxygen atoms in total. The van der Waals surface area contributed by atoms with Gasteiger partial charge in [0, 0.05) is 25.0 Å². The third kappa shape index (κ3) is 3.64. The smallest absolute Gasteiger partial charge is 0.0665 e. The second-order valence-electron chi connectivity index (χ2n) is 4.66. The third-order valence-electron chi connectivity index (χ3n) is 1.82. The first-order valence-corrected chi connectivity index (χ1v) is 8.38. The molecule has 0 fully saturated rings. The number of nitrogens with zero attached hydrogens (tertiary/aromatic N) is 1. The zero-order valence-electron chi connectivity index (χ0n) is 8.96. The van der Waals surface area contributed by atoms with Crippen LogP contribution in [-0.4, -0.2) is 21.3 Å². The summed E-state index contributed by atoms with van der Waals surface area (Å²) in [7, 11) is 1.15. The fourth-order valence-electron chi connectivity index (χ4n) is 1.42. The first-order chi connectivity index (χ1) is 5.99. The quantitative estimate of drug-likeness (QED) is 0.666. The molecule has 1 rings (SSSR count). The summed E-state index contributed by atoms with van der Waals surface area (Å²) in [5, 5.41) is 0. The summed E-state index contributed by atoms with van der Waals surface area (Å²) in [5.41, 5.74) is 1.20. The van der Waals surface area contributed by atoms with E-state index in [1.165, 1.54) is 11.9 Å². The molecule has 0 atom stereocenters. The Kier molecular flexibility index (Phi) is 3.15. The van der Waals surface area contributed by atoms with Gasteiger partial charge in [0.2, 0.25) is 0 Å². The highest BCUT2D eigenvalue weighted by molar-refractivity contribution is 6.76. The maximum atomic E-state index is 3.24. The predicted molar refractivity (Wildman–Crippen MR) is 61.9 cm³/mol. The van der Waals surface area contributed by atoms with E-state index in [0.717, 1.165) is 0 Å². The second-order valence-corrected chi connectivity index (χ2v) is 10.1. The van der Waals surface area contributed by atoms with Crippen LogP contribution in [-0.2, 0) is 0 Å². The average molecular weight is 192 g/mol. The maximum absolute atomic E-state index is 3.24. The van der Waals surface area contributed by atoms with Gasteiger partial charge in [-0.25, -0.2) is 0 Å². The van der Waals surface area contributed by atoms with E-state index in [4.69, 9.17) is 0 Å². The van der Waals surface area contributed by atoms with Gasteiger partial charge in [-0.3, -0.25) is 0 Å². The number of rotatable bonds is 3. The Morgan fingerprint density at radius 3 is 2.46 bits per heavy atom. The first-order valence-electron chi connectivity index (χ1n) is 4.67. The molecule has 0 aliphatic heterocycles. The number of anilines is 1.